The molecule has 0 aliphatic heterocycles. The van der Waals surface area contributed by atoms with Crippen LogP contribution in [0.5, 0.6) is 0 Å². The van der Waals surface area contributed by atoms with E-state index in [1.54, 1.807) is 0 Å². The van der Waals surface area contributed by atoms with E-state index in [0.717, 1.165) is 37.8 Å². The Balaban J connectivity index is 1.98. The Morgan fingerprint density at radius 3 is 2.55 bits per heavy atom. The molecule has 0 amide bonds. The number of allylic oxidation sites excluding steroid dienone is 3. The molecule has 1 aromatic carbocycles. The van der Waals surface area contributed by atoms with Crippen LogP contribution in [0, 0.1) is 0 Å². The smallest absolute Gasteiger partial charge is 0.158 e. The first-order chi connectivity index (χ1) is 9.70. The van der Waals surface area contributed by atoms with Crippen LogP contribution in [-0.2, 0) is 4.79 Å². The summed E-state index contributed by atoms with van der Waals surface area (Å²) in [5.74, 6) is 0.311. The number of Topliss-reactive ketones (excluding diaryl/α,β-unsaturated/α-hetero) is 1. The Hall–Kier alpha value is -1.83. The van der Waals surface area contributed by atoms with Crippen LogP contribution in [0.15, 0.2) is 42.0 Å². The highest BCUT2D eigenvalue weighted by Crippen LogP contribution is 2.20. The van der Waals surface area contributed by atoms with Gasteiger partial charge < -0.3 is 4.90 Å². The molecule has 1 aliphatic rings. The number of benzene rings is 1. The van der Waals surface area contributed by atoms with Crippen molar-refractivity contribution in [1.82, 2.24) is 0 Å². The van der Waals surface area contributed by atoms with Gasteiger partial charge in [-0.15, -0.1) is 0 Å². The molecule has 1 fully saturated rings. The lowest BCUT2D eigenvalue weighted by atomic mass is 10.1. The molecule has 0 unspecified atom stereocenters. The molecule has 0 N–H and O–H groups in total. The van der Waals surface area contributed by atoms with E-state index < -0.39 is 0 Å². The molecule has 0 aromatic heterocycles. The topological polar surface area (TPSA) is 20.3 Å². The summed E-state index contributed by atoms with van der Waals surface area (Å²) in [6.45, 7) is 3.26. The van der Waals surface area contributed by atoms with Gasteiger partial charge in [-0.3, -0.25) is 4.79 Å². The lowest BCUT2D eigenvalue weighted by molar-refractivity contribution is -0.114. The van der Waals surface area contributed by atoms with E-state index in [9.17, 15) is 4.79 Å². The maximum atomic E-state index is 11.5. The molecule has 0 heterocycles. The van der Waals surface area contributed by atoms with E-state index in [4.69, 9.17) is 0 Å². The van der Waals surface area contributed by atoms with Gasteiger partial charge in [0.15, 0.2) is 5.78 Å². The molecular weight excluding hydrogens is 246 g/mol. The van der Waals surface area contributed by atoms with Gasteiger partial charge in [-0.05, 0) is 42.5 Å². The molecular formula is C18H23NO. The van der Waals surface area contributed by atoms with Crippen LogP contribution in [0.2, 0.25) is 0 Å². The van der Waals surface area contributed by atoms with Gasteiger partial charge in [0.05, 0.1) is 0 Å². The van der Waals surface area contributed by atoms with Gasteiger partial charge in [0.2, 0.25) is 0 Å². The molecule has 0 spiro atoms. The van der Waals surface area contributed by atoms with Crippen LogP contribution in [0.25, 0.3) is 6.08 Å². The molecule has 2 heteroatoms. The third-order valence-corrected chi connectivity index (χ3v) is 3.69. The Labute approximate surface area is 121 Å². The van der Waals surface area contributed by atoms with E-state index in [1.807, 2.05) is 12.2 Å². The zero-order chi connectivity index (χ0) is 14.4. The number of anilines is 1. The summed E-state index contributed by atoms with van der Waals surface area (Å²) < 4.78 is 0. The van der Waals surface area contributed by atoms with Crippen molar-refractivity contribution in [3.63, 3.8) is 0 Å². The van der Waals surface area contributed by atoms with Crippen LogP contribution >= 0.6 is 0 Å². The quantitative estimate of drug-likeness (QED) is 0.746. The third kappa shape index (κ3) is 3.83. The second-order valence-electron chi connectivity index (χ2n) is 5.34. The Morgan fingerprint density at radius 2 is 1.95 bits per heavy atom. The van der Waals surface area contributed by atoms with Gasteiger partial charge in [0.25, 0.3) is 0 Å². The molecule has 1 aliphatic carbocycles. The standard InChI is InChI=1S/C18H23NO/c1-3-14-19(2)17-12-10-15(11-13-17)6-4-7-16-8-5-9-18(16)20/h4,6-7,10-13H,3,5,8-9,14H2,1-2H3. The monoisotopic (exact) mass is 269 g/mol. The fraction of sp³-hybridized carbons (Fsp3) is 0.389. The highest BCUT2D eigenvalue weighted by atomic mass is 16.1. The van der Waals surface area contributed by atoms with Gasteiger partial charge in [-0.2, -0.15) is 0 Å². The number of ketones is 1. The summed E-state index contributed by atoms with van der Waals surface area (Å²) in [5.41, 5.74) is 3.38. The summed E-state index contributed by atoms with van der Waals surface area (Å²) in [5, 5.41) is 0. The van der Waals surface area contributed by atoms with Gasteiger partial charge in [-0.25, -0.2) is 0 Å². The number of hydrogen-bond acceptors (Lipinski definition) is 2. The van der Waals surface area contributed by atoms with Crippen molar-refractivity contribution in [1.29, 1.82) is 0 Å². The van der Waals surface area contributed by atoms with Gasteiger partial charge in [0.1, 0.15) is 0 Å². The van der Waals surface area contributed by atoms with Crippen LogP contribution in [0.3, 0.4) is 0 Å². The third-order valence-electron chi connectivity index (χ3n) is 3.69. The van der Waals surface area contributed by atoms with E-state index in [2.05, 4.69) is 49.2 Å². The summed E-state index contributed by atoms with van der Waals surface area (Å²) >= 11 is 0. The average molecular weight is 269 g/mol. The molecule has 0 atom stereocenters. The summed E-state index contributed by atoms with van der Waals surface area (Å²) in [7, 11) is 2.12. The molecule has 0 radical (unpaired) electrons. The number of hydrogen-bond donors (Lipinski definition) is 0. The molecule has 1 saturated carbocycles. The van der Waals surface area contributed by atoms with Crippen molar-refractivity contribution in [3.05, 3.63) is 47.6 Å². The first-order valence-corrected chi connectivity index (χ1v) is 7.42. The summed E-state index contributed by atoms with van der Waals surface area (Å²) in [4.78, 5) is 13.7. The highest BCUT2D eigenvalue weighted by molar-refractivity contribution is 5.97. The number of carbonyl (C=O) groups excluding carboxylic acids is 1. The SMILES string of the molecule is CCCN(C)c1ccc(C=CC=C2CCCC2=O)cc1. The van der Waals surface area contributed by atoms with Crippen molar-refractivity contribution in [2.45, 2.75) is 32.6 Å². The van der Waals surface area contributed by atoms with Crippen molar-refractivity contribution in [2.75, 3.05) is 18.5 Å². The van der Waals surface area contributed by atoms with E-state index in [0.29, 0.717) is 5.78 Å². The van der Waals surface area contributed by atoms with Crippen molar-refractivity contribution >= 4 is 17.5 Å². The van der Waals surface area contributed by atoms with Crippen LogP contribution in [0.1, 0.15) is 38.2 Å². The molecule has 0 saturated heterocycles. The first kappa shape index (κ1) is 14.6. The lowest BCUT2D eigenvalue weighted by Gasteiger charge is -2.18. The predicted molar refractivity (Wildman–Crippen MR) is 86.0 cm³/mol. The summed E-state index contributed by atoms with van der Waals surface area (Å²) in [6, 6.07) is 8.52. The van der Waals surface area contributed by atoms with Crippen LogP contribution < -0.4 is 4.90 Å². The average Bonchev–Trinajstić information content (AvgIpc) is 2.85. The van der Waals surface area contributed by atoms with Crippen LogP contribution in [-0.4, -0.2) is 19.4 Å². The van der Waals surface area contributed by atoms with Gasteiger partial charge >= 0.3 is 0 Å². The van der Waals surface area contributed by atoms with E-state index in [-0.39, 0.29) is 0 Å². The fourth-order valence-electron chi connectivity index (χ4n) is 2.50. The minimum Gasteiger partial charge on any atom is -0.375 e. The van der Waals surface area contributed by atoms with Crippen molar-refractivity contribution < 1.29 is 4.79 Å². The predicted octanol–water partition coefficient (Wildman–Crippen LogP) is 4.23. The molecule has 2 rings (SSSR count). The number of nitrogens with zero attached hydrogens (tertiary/aromatic N) is 1. The second kappa shape index (κ2) is 7.09. The molecule has 106 valence electrons. The van der Waals surface area contributed by atoms with Gasteiger partial charge in [-0.1, -0.05) is 37.3 Å². The Morgan fingerprint density at radius 1 is 1.20 bits per heavy atom. The Kier molecular flexibility index (Phi) is 5.16. The van der Waals surface area contributed by atoms with E-state index >= 15 is 0 Å². The maximum Gasteiger partial charge on any atom is 0.158 e. The number of rotatable bonds is 5. The minimum atomic E-state index is 0.311. The Bertz CT molecular complexity index is 511. The van der Waals surface area contributed by atoms with Crippen molar-refractivity contribution in [3.8, 4) is 0 Å². The normalized spacial score (nSPS) is 17.3. The highest BCUT2D eigenvalue weighted by Gasteiger charge is 2.15. The van der Waals surface area contributed by atoms with Crippen molar-refractivity contribution in [2.24, 2.45) is 0 Å². The lowest BCUT2D eigenvalue weighted by Crippen LogP contribution is -2.17. The minimum absolute atomic E-state index is 0.311. The summed E-state index contributed by atoms with van der Waals surface area (Å²) in [6.07, 6.45) is 9.83. The first-order valence-electron chi connectivity index (χ1n) is 7.42. The molecule has 1 aromatic rings. The number of carbonyl (C=O) groups is 1. The fourth-order valence-corrected chi connectivity index (χ4v) is 2.50. The second-order valence-corrected chi connectivity index (χ2v) is 5.34. The van der Waals surface area contributed by atoms with Gasteiger partial charge in [0, 0.05) is 25.7 Å². The largest absolute Gasteiger partial charge is 0.375 e. The van der Waals surface area contributed by atoms with E-state index in [1.165, 1.54) is 11.3 Å². The maximum absolute atomic E-state index is 11.5. The van der Waals surface area contributed by atoms with Crippen LogP contribution in [0.4, 0.5) is 5.69 Å². The zero-order valence-corrected chi connectivity index (χ0v) is 12.4. The molecule has 20 heavy (non-hydrogen) atoms. The molecule has 0 bridgehead atoms. The molecule has 2 nitrogen and oxygen atoms in total. The zero-order valence-electron chi connectivity index (χ0n) is 12.4.